The van der Waals surface area contributed by atoms with Crippen molar-refractivity contribution < 1.29 is 46.5 Å². The minimum Gasteiger partial charge on any atom is -0.478 e. The van der Waals surface area contributed by atoms with E-state index in [0.717, 1.165) is 37.2 Å². The number of hydrogen-bond donors (Lipinski definition) is 1. The van der Waals surface area contributed by atoms with Crippen molar-refractivity contribution in [2.24, 2.45) is 18.9 Å². The Balaban J connectivity index is 1.75. The van der Waals surface area contributed by atoms with Gasteiger partial charge in [0.2, 0.25) is 11.8 Å². The summed E-state index contributed by atoms with van der Waals surface area (Å²) in [4.78, 5) is 32.6. The number of carboxylic acids is 1. The zero-order valence-electron chi connectivity index (χ0n) is 25.3. The molecule has 45 heavy (non-hydrogen) atoms. The number of rotatable bonds is 12. The maximum Gasteiger partial charge on any atom is 0.421 e. The van der Waals surface area contributed by atoms with E-state index in [-0.39, 0.29) is 30.9 Å². The van der Waals surface area contributed by atoms with Crippen LogP contribution in [0.3, 0.4) is 0 Å². The molecule has 4 rings (SSSR count). The van der Waals surface area contributed by atoms with Gasteiger partial charge in [-0.3, -0.25) is 4.79 Å². The number of ether oxygens (including phenoxy) is 3. The Bertz CT molecular complexity index is 1500. The average Bonchev–Trinajstić information content (AvgIpc) is 3.39. The Hall–Kier alpha value is -4.11. The normalized spacial score (nSPS) is 17.0. The number of aromatic carboxylic acids is 1. The van der Waals surface area contributed by atoms with Gasteiger partial charge < -0.3 is 24.2 Å². The van der Waals surface area contributed by atoms with Crippen molar-refractivity contribution in [1.82, 2.24) is 20.0 Å². The fourth-order valence-corrected chi connectivity index (χ4v) is 5.43. The number of hydrogen-bond acceptors (Lipinski definition) is 8. The zero-order chi connectivity index (χ0) is 32.9. The molecule has 1 amide bonds. The zero-order valence-corrected chi connectivity index (χ0v) is 25.3. The standard InChI is InChI=1S/C30H35F4N5O6/c1-17-5-7-19(8-6-17)28(40)39(21(15-43-3)16-44-4)25-12-24(31)26(11-22(25)29(41)42)45-27-23(30(32,33)34)10-18(13-35-27)9-20-14-36-38(2)37-20/h10-14,17,19,21H,5-9,15-16H2,1-4H3,(H,41,42)/t17-,19-. The molecular formula is C30H35F4N5O6. The highest BCUT2D eigenvalue weighted by Gasteiger charge is 2.38. The minimum atomic E-state index is -4.94. The Labute approximate surface area is 257 Å². The molecular weight excluding hydrogens is 602 g/mol. The summed E-state index contributed by atoms with van der Waals surface area (Å²) in [6, 6.07) is 1.50. The number of amides is 1. The van der Waals surface area contributed by atoms with Gasteiger partial charge in [-0.1, -0.05) is 6.92 Å². The van der Waals surface area contributed by atoms with E-state index >= 15 is 4.39 Å². The van der Waals surface area contributed by atoms with Crippen LogP contribution in [0.25, 0.3) is 0 Å². The lowest BCUT2D eigenvalue weighted by Crippen LogP contribution is -2.49. The van der Waals surface area contributed by atoms with Crippen molar-refractivity contribution in [1.29, 1.82) is 0 Å². The van der Waals surface area contributed by atoms with Crippen molar-refractivity contribution in [2.75, 3.05) is 32.3 Å². The number of pyridine rings is 1. The highest BCUT2D eigenvalue weighted by Crippen LogP contribution is 2.40. The number of anilines is 1. The van der Waals surface area contributed by atoms with E-state index in [1.807, 2.05) is 0 Å². The third-order valence-electron chi connectivity index (χ3n) is 7.68. The van der Waals surface area contributed by atoms with Crippen LogP contribution in [0.15, 0.2) is 30.6 Å². The molecule has 244 valence electrons. The van der Waals surface area contributed by atoms with E-state index in [4.69, 9.17) is 14.2 Å². The van der Waals surface area contributed by atoms with Gasteiger partial charge in [0.05, 0.1) is 42.4 Å². The summed E-state index contributed by atoms with van der Waals surface area (Å²) in [5.41, 5.74) is -1.61. The number of aryl methyl sites for hydroxylation is 1. The largest absolute Gasteiger partial charge is 0.478 e. The molecule has 0 aliphatic heterocycles. The first kappa shape index (κ1) is 33.8. The van der Waals surface area contributed by atoms with Gasteiger partial charge in [-0.25, -0.2) is 14.2 Å². The van der Waals surface area contributed by atoms with E-state index in [1.54, 1.807) is 7.05 Å². The summed E-state index contributed by atoms with van der Waals surface area (Å²) in [7, 11) is 4.35. The van der Waals surface area contributed by atoms with Crippen molar-refractivity contribution in [3.63, 3.8) is 0 Å². The molecule has 1 aliphatic rings. The van der Waals surface area contributed by atoms with Crippen LogP contribution in [-0.2, 0) is 33.9 Å². The summed E-state index contributed by atoms with van der Waals surface area (Å²) in [5, 5.41) is 18.1. The first-order valence-electron chi connectivity index (χ1n) is 14.3. The van der Waals surface area contributed by atoms with Gasteiger partial charge in [-0.15, -0.1) is 0 Å². The van der Waals surface area contributed by atoms with Gasteiger partial charge in [-0.05, 0) is 43.2 Å². The molecule has 1 N–H and O–H groups in total. The molecule has 1 aromatic carbocycles. The lowest BCUT2D eigenvalue weighted by atomic mass is 9.82. The Kier molecular flexibility index (Phi) is 10.8. The fourth-order valence-electron chi connectivity index (χ4n) is 5.43. The SMILES string of the molecule is COCC(COC)N(c1cc(F)c(Oc2ncc(Cc3cnn(C)n3)cc2C(F)(F)F)cc1C(=O)O)C(=O)[C@H]1CC[C@H](C)CC1. The molecule has 0 radical (unpaired) electrons. The molecule has 1 fully saturated rings. The van der Waals surface area contributed by atoms with E-state index < -0.39 is 58.6 Å². The summed E-state index contributed by atoms with van der Waals surface area (Å²) < 4.78 is 73.7. The monoisotopic (exact) mass is 637 g/mol. The van der Waals surface area contributed by atoms with E-state index in [9.17, 15) is 27.9 Å². The van der Waals surface area contributed by atoms with Crippen LogP contribution in [0.5, 0.6) is 11.6 Å². The van der Waals surface area contributed by atoms with Gasteiger partial charge in [-0.2, -0.15) is 28.2 Å². The molecule has 3 aromatic rings. The topological polar surface area (TPSA) is 129 Å². The third-order valence-corrected chi connectivity index (χ3v) is 7.68. The highest BCUT2D eigenvalue weighted by molar-refractivity contribution is 6.03. The molecule has 0 bridgehead atoms. The molecule has 0 atom stereocenters. The average molecular weight is 638 g/mol. The number of nitrogens with zero attached hydrogens (tertiary/aromatic N) is 5. The van der Waals surface area contributed by atoms with Crippen LogP contribution >= 0.6 is 0 Å². The quantitative estimate of drug-likeness (QED) is 0.264. The number of methoxy groups -OCH3 is 2. The van der Waals surface area contributed by atoms with Crippen LogP contribution < -0.4 is 9.64 Å². The highest BCUT2D eigenvalue weighted by atomic mass is 19.4. The molecule has 11 nitrogen and oxygen atoms in total. The molecule has 0 spiro atoms. The molecule has 2 aromatic heterocycles. The second-order valence-corrected chi connectivity index (χ2v) is 11.1. The number of aromatic nitrogens is 4. The lowest BCUT2D eigenvalue weighted by molar-refractivity contribution is -0.139. The second-order valence-electron chi connectivity index (χ2n) is 11.1. The Morgan fingerprint density at radius 2 is 1.76 bits per heavy atom. The van der Waals surface area contributed by atoms with Gasteiger partial charge >= 0.3 is 12.1 Å². The summed E-state index contributed by atoms with van der Waals surface area (Å²) in [6.45, 7) is 1.97. The van der Waals surface area contributed by atoms with Gasteiger partial charge in [0.1, 0.15) is 5.56 Å². The fraction of sp³-hybridized carbons (Fsp3) is 0.500. The smallest absolute Gasteiger partial charge is 0.421 e. The van der Waals surface area contributed by atoms with E-state index in [0.29, 0.717) is 24.5 Å². The van der Waals surface area contributed by atoms with Gasteiger partial charge in [0.15, 0.2) is 11.6 Å². The Morgan fingerprint density at radius 1 is 1.09 bits per heavy atom. The number of benzene rings is 1. The maximum absolute atomic E-state index is 15.7. The Morgan fingerprint density at radius 3 is 2.31 bits per heavy atom. The molecule has 2 heterocycles. The first-order valence-corrected chi connectivity index (χ1v) is 14.3. The van der Waals surface area contributed by atoms with Crippen LogP contribution in [0.1, 0.15) is 59.8 Å². The molecule has 0 unspecified atom stereocenters. The molecule has 0 saturated heterocycles. The van der Waals surface area contributed by atoms with Crippen LogP contribution in [0.4, 0.5) is 23.2 Å². The first-order chi connectivity index (χ1) is 21.3. The van der Waals surface area contributed by atoms with Crippen molar-refractivity contribution in [3.8, 4) is 11.6 Å². The summed E-state index contributed by atoms with van der Waals surface area (Å²) in [6.07, 6.45) is 0.280. The van der Waals surface area contributed by atoms with Gasteiger partial charge in [0, 0.05) is 51.9 Å². The number of carboxylic acid groups (broad SMARTS) is 1. The minimum absolute atomic E-state index is 0.00962. The van der Waals surface area contributed by atoms with E-state index in [1.165, 1.54) is 30.1 Å². The predicted molar refractivity (Wildman–Crippen MR) is 153 cm³/mol. The number of carbonyl (C=O) groups excluding carboxylic acids is 1. The summed E-state index contributed by atoms with van der Waals surface area (Å²) in [5.74, 6) is -4.98. The number of carbonyl (C=O) groups is 2. The van der Waals surface area contributed by atoms with Crippen LogP contribution in [-0.4, -0.2) is 70.4 Å². The van der Waals surface area contributed by atoms with Crippen LogP contribution in [0, 0.1) is 17.7 Å². The van der Waals surface area contributed by atoms with Crippen molar-refractivity contribution in [2.45, 2.75) is 51.2 Å². The number of alkyl halides is 3. The predicted octanol–water partition coefficient (Wildman–Crippen LogP) is 5.27. The second kappa shape index (κ2) is 14.3. The summed E-state index contributed by atoms with van der Waals surface area (Å²) >= 11 is 0. The maximum atomic E-state index is 15.7. The van der Waals surface area contributed by atoms with Crippen molar-refractivity contribution in [3.05, 3.63) is 58.8 Å². The van der Waals surface area contributed by atoms with Gasteiger partial charge in [0.25, 0.3) is 0 Å². The lowest BCUT2D eigenvalue weighted by Gasteiger charge is -2.36. The number of halogens is 4. The van der Waals surface area contributed by atoms with E-state index in [2.05, 4.69) is 22.1 Å². The molecule has 1 aliphatic carbocycles. The molecule has 15 heteroatoms. The third kappa shape index (κ3) is 8.14. The van der Waals surface area contributed by atoms with Crippen LogP contribution in [0.2, 0.25) is 0 Å². The molecule has 1 saturated carbocycles. The van der Waals surface area contributed by atoms with Crippen molar-refractivity contribution >= 4 is 17.6 Å².